The van der Waals surface area contributed by atoms with E-state index in [-0.39, 0.29) is 6.61 Å². The first kappa shape index (κ1) is 14.2. The first-order valence-electron chi connectivity index (χ1n) is 7.14. The highest BCUT2D eigenvalue weighted by molar-refractivity contribution is 5.51. The minimum atomic E-state index is 0.00976. The molecule has 3 N–H and O–H groups in total. The average Bonchev–Trinajstić information content (AvgIpc) is 2.47. The third-order valence-electron chi connectivity index (χ3n) is 3.52. The predicted molar refractivity (Wildman–Crippen MR) is 77.6 cm³/mol. The van der Waals surface area contributed by atoms with E-state index in [0.717, 1.165) is 36.6 Å². The quantitative estimate of drug-likeness (QED) is 0.735. The first-order chi connectivity index (χ1) is 9.33. The Morgan fingerprint density at radius 1 is 1.47 bits per heavy atom. The van der Waals surface area contributed by atoms with E-state index < -0.39 is 0 Å². The second-order valence-electron chi connectivity index (χ2n) is 5.01. The maximum Gasteiger partial charge on any atom is 0.124 e. The van der Waals surface area contributed by atoms with Gasteiger partial charge in [0.25, 0.3) is 0 Å². The molecule has 0 bridgehead atoms. The molecular formula is C15H24N2O2. The van der Waals surface area contributed by atoms with Crippen molar-refractivity contribution in [2.24, 2.45) is 5.92 Å². The van der Waals surface area contributed by atoms with Gasteiger partial charge in [0.2, 0.25) is 0 Å². The van der Waals surface area contributed by atoms with Crippen molar-refractivity contribution in [3.8, 4) is 5.75 Å². The lowest BCUT2D eigenvalue weighted by atomic mass is 9.99. The van der Waals surface area contributed by atoms with Gasteiger partial charge in [-0.1, -0.05) is 0 Å². The molecule has 1 aliphatic heterocycles. The summed E-state index contributed by atoms with van der Waals surface area (Å²) >= 11 is 0. The number of hydrogen-bond donors (Lipinski definition) is 3. The molecule has 1 atom stereocenters. The number of anilines is 1. The number of rotatable bonds is 6. The van der Waals surface area contributed by atoms with Crippen LogP contribution in [0.1, 0.15) is 25.3 Å². The fourth-order valence-electron chi connectivity index (χ4n) is 2.47. The Hall–Kier alpha value is -1.26. The first-order valence-corrected chi connectivity index (χ1v) is 7.14. The number of ether oxygens (including phenoxy) is 1. The maximum atomic E-state index is 9.37. The van der Waals surface area contributed by atoms with E-state index in [2.05, 4.69) is 10.6 Å². The van der Waals surface area contributed by atoms with Crippen molar-refractivity contribution in [1.29, 1.82) is 0 Å². The van der Waals surface area contributed by atoms with Crippen molar-refractivity contribution in [1.82, 2.24) is 5.32 Å². The van der Waals surface area contributed by atoms with Crippen molar-refractivity contribution < 1.29 is 9.84 Å². The number of hydrogen-bond acceptors (Lipinski definition) is 4. The molecule has 0 aromatic heterocycles. The summed E-state index contributed by atoms with van der Waals surface area (Å²) in [6.07, 6.45) is 2.54. The lowest BCUT2D eigenvalue weighted by molar-refractivity contribution is 0.267. The SMILES string of the molecule is CCOc1ccc(NCC2CCCNC2)cc1CO. The van der Waals surface area contributed by atoms with E-state index in [1.54, 1.807) is 0 Å². The molecule has 2 rings (SSSR count). The lowest BCUT2D eigenvalue weighted by Gasteiger charge is -2.23. The highest BCUT2D eigenvalue weighted by atomic mass is 16.5. The number of benzene rings is 1. The minimum absolute atomic E-state index is 0.00976. The van der Waals surface area contributed by atoms with Crippen molar-refractivity contribution in [3.05, 3.63) is 23.8 Å². The largest absolute Gasteiger partial charge is 0.494 e. The lowest BCUT2D eigenvalue weighted by Crippen LogP contribution is -2.33. The molecule has 1 aromatic rings. The maximum absolute atomic E-state index is 9.37. The van der Waals surface area contributed by atoms with Gasteiger partial charge < -0.3 is 20.5 Å². The molecule has 4 nitrogen and oxygen atoms in total. The zero-order chi connectivity index (χ0) is 13.5. The smallest absolute Gasteiger partial charge is 0.124 e. The van der Waals surface area contributed by atoms with Crippen LogP contribution in [0.5, 0.6) is 5.75 Å². The zero-order valence-electron chi connectivity index (χ0n) is 11.6. The summed E-state index contributed by atoms with van der Waals surface area (Å²) in [5.41, 5.74) is 1.90. The van der Waals surface area contributed by atoms with Gasteiger partial charge in [-0.15, -0.1) is 0 Å². The van der Waals surface area contributed by atoms with Crippen LogP contribution in [0.25, 0.3) is 0 Å². The minimum Gasteiger partial charge on any atom is -0.494 e. The molecule has 1 heterocycles. The van der Waals surface area contributed by atoms with Crippen LogP contribution in [-0.2, 0) is 6.61 Å². The summed E-state index contributed by atoms with van der Waals surface area (Å²) in [6, 6.07) is 5.91. The van der Waals surface area contributed by atoms with E-state index in [1.165, 1.54) is 12.8 Å². The molecule has 1 saturated heterocycles. The molecule has 0 saturated carbocycles. The Morgan fingerprint density at radius 2 is 2.37 bits per heavy atom. The van der Waals surface area contributed by atoms with E-state index in [1.807, 2.05) is 25.1 Å². The van der Waals surface area contributed by atoms with Gasteiger partial charge in [0.1, 0.15) is 5.75 Å². The van der Waals surface area contributed by atoms with Gasteiger partial charge in [-0.25, -0.2) is 0 Å². The number of nitrogens with one attached hydrogen (secondary N) is 2. The van der Waals surface area contributed by atoms with Gasteiger partial charge in [0, 0.05) is 17.8 Å². The zero-order valence-corrected chi connectivity index (χ0v) is 11.6. The van der Waals surface area contributed by atoms with Gasteiger partial charge in [-0.2, -0.15) is 0 Å². The molecular weight excluding hydrogens is 240 g/mol. The van der Waals surface area contributed by atoms with Crippen LogP contribution in [0.15, 0.2) is 18.2 Å². The molecule has 1 fully saturated rings. The van der Waals surface area contributed by atoms with Crippen LogP contribution in [0.2, 0.25) is 0 Å². The van der Waals surface area contributed by atoms with Crippen LogP contribution < -0.4 is 15.4 Å². The average molecular weight is 264 g/mol. The van der Waals surface area contributed by atoms with E-state index in [4.69, 9.17) is 4.74 Å². The monoisotopic (exact) mass is 264 g/mol. The van der Waals surface area contributed by atoms with Gasteiger partial charge in [-0.3, -0.25) is 0 Å². The van der Waals surface area contributed by atoms with Crippen molar-refractivity contribution in [2.45, 2.75) is 26.4 Å². The Labute approximate surface area is 115 Å². The number of aliphatic hydroxyl groups excluding tert-OH is 1. The van der Waals surface area contributed by atoms with Gasteiger partial charge in [0.15, 0.2) is 0 Å². The fourth-order valence-corrected chi connectivity index (χ4v) is 2.47. The Bertz CT molecular complexity index is 390. The fraction of sp³-hybridized carbons (Fsp3) is 0.600. The molecule has 1 aliphatic rings. The molecule has 19 heavy (non-hydrogen) atoms. The molecule has 4 heteroatoms. The van der Waals surface area contributed by atoms with Crippen LogP contribution in [-0.4, -0.2) is 31.3 Å². The van der Waals surface area contributed by atoms with Crippen molar-refractivity contribution in [3.63, 3.8) is 0 Å². The molecule has 0 amide bonds. The van der Waals surface area contributed by atoms with Crippen LogP contribution >= 0.6 is 0 Å². The third-order valence-corrected chi connectivity index (χ3v) is 3.52. The molecule has 106 valence electrons. The Morgan fingerprint density at radius 3 is 3.05 bits per heavy atom. The molecule has 1 unspecified atom stereocenters. The summed E-state index contributed by atoms with van der Waals surface area (Å²) in [5, 5.41) is 16.2. The Kier molecular flexibility index (Phi) is 5.48. The van der Waals surface area contributed by atoms with Crippen LogP contribution in [0, 0.1) is 5.92 Å². The van der Waals surface area contributed by atoms with E-state index in [9.17, 15) is 5.11 Å². The topological polar surface area (TPSA) is 53.5 Å². The molecule has 0 aliphatic carbocycles. The molecule has 0 radical (unpaired) electrons. The predicted octanol–water partition coefficient (Wildman–Crippen LogP) is 1.99. The van der Waals surface area contributed by atoms with E-state index in [0.29, 0.717) is 12.5 Å². The molecule has 1 aromatic carbocycles. The molecule has 0 spiro atoms. The van der Waals surface area contributed by atoms with Gasteiger partial charge >= 0.3 is 0 Å². The normalized spacial score (nSPS) is 19.2. The summed E-state index contributed by atoms with van der Waals surface area (Å²) in [6.45, 7) is 5.80. The summed E-state index contributed by atoms with van der Waals surface area (Å²) < 4.78 is 5.48. The number of aliphatic hydroxyl groups is 1. The second-order valence-corrected chi connectivity index (χ2v) is 5.01. The Balaban J connectivity index is 1.92. The number of piperidine rings is 1. The van der Waals surface area contributed by atoms with Crippen molar-refractivity contribution >= 4 is 5.69 Å². The summed E-state index contributed by atoms with van der Waals surface area (Å²) in [7, 11) is 0. The highest BCUT2D eigenvalue weighted by Crippen LogP contribution is 2.23. The van der Waals surface area contributed by atoms with Crippen molar-refractivity contribution in [2.75, 3.05) is 31.6 Å². The summed E-state index contributed by atoms with van der Waals surface area (Å²) in [4.78, 5) is 0. The van der Waals surface area contributed by atoms with Gasteiger partial charge in [0.05, 0.1) is 13.2 Å². The third kappa shape index (κ3) is 4.11. The van der Waals surface area contributed by atoms with E-state index >= 15 is 0 Å². The summed E-state index contributed by atoms with van der Waals surface area (Å²) in [5.74, 6) is 1.47. The highest BCUT2D eigenvalue weighted by Gasteiger charge is 2.12. The second kappa shape index (κ2) is 7.36. The van der Waals surface area contributed by atoms with Crippen LogP contribution in [0.4, 0.5) is 5.69 Å². The standard InChI is InChI=1S/C15H24N2O2/c1-2-19-15-6-5-14(8-13(15)11-18)17-10-12-4-3-7-16-9-12/h5-6,8,12,16-18H,2-4,7,9-11H2,1H3. The van der Waals surface area contributed by atoms with Crippen LogP contribution in [0.3, 0.4) is 0 Å². The van der Waals surface area contributed by atoms with Gasteiger partial charge in [-0.05, 0) is 57.0 Å².